The molecule has 0 aromatic heterocycles. The van der Waals surface area contributed by atoms with E-state index in [-0.39, 0.29) is 67.9 Å². The van der Waals surface area contributed by atoms with E-state index in [2.05, 4.69) is 16.0 Å². The molecule has 48 heavy (non-hydrogen) atoms. The second-order valence-electron chi connectivity index (χ2n) is 12.1. The maximum Gasteiger partial charge on any atom is 0.409 e. The van der Waals surface area contributed by atoms with Crippen molar-refractivity contribution in [1.29, 1.82) is 0 Å². The van der Waals surface area contributed by atoms with Crippen LogP contribution in [0.5, 0.6) is 0 Å². The van der Waals surface area contributed by atoms with Crippen LogP contribution in [0, 0.1) is 11.8 Å². The van der Waals surface area contributed by atoms with Gasteiger partial charge in [-0.2, -0.15) is 0 Å². The largest absolute Gasteiger partial charge is 0.445 e. The average Bonchev–Trinajstić information content (AvgIpc) is 3.37. The van der Waals surface area contributed by atoms with Gasteiger partial charge in [-0.25, -0.2) is 9.59 Å². The maximum atomic E-state index is 13.4. The highest BCUT2D eigenvalue weighted by molar-refractivity contribution is 6.12. The second kappa shape index (κ2) is 20.5. The number of carbonyl (C=O) groups excluding carboxylic acids is 7. The zero-order valence-corrected chi connectivity index (χ0v) is 28.4. The first-order chi connectivity index (χ1) is 22.8. The topological polar surface area (TPSA) is 197 Å². The number of urea groups is 1. The minimum Gasteiger partial charge on any atom is -0.445 e. The van der Waals surface area contributed by atoms with Crippen LogP contribution in [0.25, 0.3) is 0 Å². The van der Waals surface area contributed by atoms with E-state index < -0.39 is 24.1 Å². The predicted molar refractivity (Wildman–Crippen MR) is 178 cm³/mol. The van der Waals surface area contributed by atoms with Crippen LogP contribution in [0.15, 0.2) is 36.4 Å². The molecule has 0 unspecified atom stereocenters. The third-order valence-corrected chi connectivity index (χ3v) is 8.07. The van der Waals surface area contributed by atoms with Gasteiger partial charge in [0.05, 0.1) is 6.04 Å². The van der Waals surface area contributed by atoms with Crippen molar-refractivity contribution in [3.63, 3.8) is 0 Å². The normalized spacial score (nSPS) is 13.6. The monoisotopic (exact) mass is 670 g/mol. The van der Waals surface area contributed by atoms with E-state index in [1.165, 1.54) is 17.1 Å². The number of benzene rings is 1. The van der Waals surface area contributed by atoms with Crippen LogP contribution in [0.2, 0.25) is 0 Å². The lowest BCUT2D eigenvalue weighted by atomic mass is 9.89. The summed E-state index contributed by atoms with van der Waals surface area (Å²) in [5, 5.41) is 8.25. The van der Waals surface area contributed by atoms with Crippen molar-refractivity contribution in [2.45, 2.75) is 78.4 Å². The Labute approximate surface area is 282 Å². The van der Waals surface area contributed by atoms with Gasteiger partial charge in [0.1, 0.15) is 6.61 Å². The van der Waals surface area contributed by atoms with Crippen molar-refractivity contribution in [3.8, 4) is 0 Å². The molecule has 14 nitrogen and oxygen atoms in total. The lowest BCUT2D eigenvalue weighted by Crippen LogP contribution is -2.46. The van der Waals surface area contributed by atoms with Gasteiger partial charge in [-0.1, -0.05) is 38.1 Å². The van der Waals surface area contributed by atoms with Gasteiger partial charge in [0.15, 0.2) is 5.78 Å². The van der Waals surface area contributed by atoms with Crippen LogP contribution in [0.1, 0.15) is 70.4 Å². The van der Waals surface area contributed by atoms with Crippen molar-refractivity contribution in [1.82, 2.24) is 25.8 Å². The Morgan fingerprint density at radius 1 is 0.896 bits per heavy atom. The van der Waals surface area contributed by atoms with Crippen molar-refractivity contribution >= 4 is 41.5 Å². The number of imide groups is 1. The number of hydrogen-bond acceptors (Lipinski definition) is 8. The first-order valence-corrected chi connectivity index (χ1v) is 16.4. The molecule has 5 N–H and O–H groups in total. The number of Topliss-reactive ketones (excluding diaryl/α,β-unsaturated/α-hetero) is 1. The molecule has 2 atom stereocenters. The molecule has 0 spiro atoms. The van der Waals surface area contributed by atoms with Crippen LogP contribution in [0.4, 0.5) is 9.59 Å². The molecule has 1 aromatic carbocycles. The van der Waals surface area contributed by atoms with Crippen LogP contribution in [0.3, 0.4) is 0 Å². The number of ketones is 1. The molecule has 0 aliphatic carbocycles. The Bertz CT molecular complexity index is 1290. The first-order valence-electron chi connectivity index (χ1n) is 16.4. The van der Waals surface area contributed by atoms with Gasteiger partial charge in [-0.05, 0) is 56.1 Å². The van der Waals surface area contributed by atoms with Gasteiger partial charge in [-0.3, -0.25) is 28.9 Å². The molecule has 2 rings (SSSR count). The Morgan fingerprint density at radius 2 is 1.50 bits per heavy atom. The van der Waals surface area contributed by atoms with E-state index in [9.17, 15) is 33.6 Å². The highest BCUT2D eigenvalue weighted by Gasteiger charge is 2.27. The fraction of sp³-hybridized carbons (Fsp3) is 0.559. The van der Waals surface area contributed by atoms with E-state index in [1.54, 1.807) is 31.3 Å². The zero-order chi connectivity index (χ0) is 35.6. The lowest BCUT2D eigenvalue weighted by Gasteiger charge is -2.24. The van der Waals surface area contributed by atoms with Crippen molar-refractivity contribution in [2.75, 3.05) is 33.2 Å². The quantitative estimate of drug-likeness (QED) is 0.113. The molecule has 1 heterocycles. The molecule has 264 valence electrons. The third-order valence-electron chi connectivity index (χ3n) is 8.07. The third kappa shape index (κ3) is 13.9. The number of amides is 7. The Morgan fingerprint density at radius 3 is 2.10 bits per heavy atom. The number of hydrogen-bond donors (Lipinski definition) is 4. The summed E-state index contributed by atoms with van der Waals surface area (Å²) < 4.78 is 5.27. The molecule has 0 saturated heterocycles. The molecule has 0 bridgehead atoms. The molecule has 1 aliphatic heterocycles. The maximum absolute atomic E-state index is 13.4. The number of primary amides is 1. The van der Waals surface area contributed by atoms with E-state index in [0.717, 1.165) is 16.0 Å². The smallest absolute Gasteiger partial charge is 0.409 e. The van der Waals surface area contributed by atoms with Gasteiger partial charge < -0.3 is 31.3 Å². The number of carbonyl (C=O) groups is 7. The summed E-state index contributed by atoms with van der Waals surface area (Å²) >= 11 is 0. The number of nitrogens with one attached hydrogen (secondary N) is 3. The zero-order valence-electron chi connectivity index (χ0n) is 28.4. The van der Waals surface area contributed by atoms with Crippen molar-refractivity contribution in [2.24, 2.45) is 17.6 Å². The molecule has 0 fully saturated rings. The minimum atomic E-state index is -0.789. The highest BCUT2D eigenvalue weighted by Crippen LogP contribution is 2.19. The number of nitrogens with zero attached hydrogens (tertiary/aromatic N) is 2. The van der Waals surface area contributed by atoms with Crippen molar-refractivity contribution in [3.05, 3.63) is 47.5 Å². The van der Waals surface area contributed by atoms with Crippen LogP contribution in [-0.2, 0) is 41.7 Å². The minimum absolute atomic E-state index is 0.0316. The molecular formula is C34H50N6O8. The Balaban J connectivity index is 1.90. The summed E-state index contributed by atoms with van der Waals surface area (Å²) in [6.45, 7) is 7.10. The number of ether oxygens (including phenoxy) is 1. The molecule has 0 radical (unpaired) electrons. The van der Waals surface area contributed by atoms with Crippen molar-refractivity contribution < 1.29 is 38.3 Å². The van der Waals surface area contributed by atoms with E-state index >= 15 is 0 Å². The molecule has 14 heteroatoms. The highest BCUT2D eigenvalue weighted by atomic mass is 16.6. The SMILES string of the molecule is CCN(C)C(=O)OCc1ccc(CC(=O)[C@H](CCCNC(N)=O)NC(=O)[C@@H](CCCNC(=O)CCCN2C(=O)C=CC2=O)C(C)C)cc1. The Hall–Kier alpha value is -4.75. The second-order valence-corrected chi connectivity index (χ2v) is 12.1. The average molecular weight is 671 g/mol. The summed E-state index contributed by atoms with van der Waals surface area (Å²) in [5.74, 6) is -1.85. The predicted octanol–water partition coefficient (Wildman–Crippen LogP) is 2.19. The van der Waals surface area contributed by atoms with E-state index in [1.807, 2.05) is 20.8 Å². The number of rotatable bonds is 21. The van der Waals surface area contributed by atoms with Gasteiger partial charge in [0.25, 0.3) is 11.8 Å². The van der Waals surface area contributed by atoms with Gasteiger partial charge >= 0.3 is 12.1 Å². The molecular weight excluding hydrogens is 620 g/mol. The fourth-order valence-electron chi connectivity index (χ4n) is 5.03. The van der Waals surface area contributed by atoms with Crippen LogP contribution >= 0.6 is 0 Å². The van der Waals surface area contributed by atoms with E-state index in [0.29, 0.717) is 45.2 Å². The summed E-state index contributed by atoms with van der Waals surface area (Å²) in [4.78, 5) is 87.9. The summed E-state index contributed by atoms with van der Waals surface area (Å²) in [5.41, 5.74) is 6.67. The van der Waals surface area contributed by atoms with E-state index in [4.69, 9.17) is 10.5 Å². The first kappa shape index (κ1) is 39.4. The lowest BCUT2D eigenvalue weighted by molar-refractivity contribution is -0.137. The van der Waals surface area contributed by atoms with Crippen LogP contribution < -0.4 is 21.7 Å². The standard InChI is InChI=1S/C34H50N6O8/c1-5-39(4)34(47)48-22-25-14-12-24(13-15-25)21-28(41)27(10-7-19-37-33(35)46)38-32(45)26(23(2)3)9-6-18-36-29(42)11-8-20-40-30(43)16-17-31(40)44/h12-17,23,26-27H,5-11,18-22H2,1-4H3,(H,36,42)(H,38,45)(H3,35,37,46)/t26-,27-/m0/s1. The van der Waals surface area contributed by atoms with Crippen LogP contribution in [-0.4, -0.2) is 90.6 Å². The molecule has 7 amide bonds. The molecule has 0 saturated carbocycles. The summed E-state index contributed by atoms with van der Waals surface area (Å²) in [7, 11) is 1.65. The van der Waals surface area contributed by atoms with Gasteiger partial charge in [0, 0.05) is 64.1 Å². The molecule has 1 aromatic rings. The molecule has 1 aliphatic rings. The van der Waals surface area contributed by atoms with Gasteiger partial charge in [-0.15, -0.1) is 0 Å². The number of nitrogens with two attached hydrogens (primary N) is 1. The summed E-state index contributed by atoms with van der Waals surface area (Å²) in [6, 6.07) is 5.68. The fourth-order valence-corrected chi connectivity index (χ4v) is 5.03. The Kier molecular flexibility index (Phi) is 16.8. The summed E-state index contributed by atoms with van der Waals surface area (Å²) in [6.07, 6.45) is 4.31. The van der Waals surface area contributed by atoms with Gasteiger partial charge in [0.2, 0.25) is 11.8 Å².